The van der Waals surface area contributed by atoms with Gasteiger partial charge in [-0.25, -0.2) is 9.78 Å². The zero-order valence-corrected chi connectivity index (χ0v) is 15.6. The van der Waals surface area contributed by atoms with E-state index in [4.69, 9.17) is 4.74 Å². The number of aromatic nitrogens is 4. The molecule has 0 spiro atoms. The molecule has 0 aliphatic rings. The molecule has 2 aromatic heterocycles. The van der Waals surface area contributed by atoms with Gasteiger partial charge in [-0.3, -0.25) is 4.79 Å². The van der Waals surface area contributed by atoms with Gasteiger partial charge in [0.15, 0.2) is 10.3 Å². The summed E-state index contributed by atoms with van der Waals surface area (Å²) in [6, 6.07) is 0. The summed E-state index contributed by atoms with van der Waals surface area (Å²) >= 11 is 2.41. The maximum atomic E-state index is 12.1. The van der Waals surface area contributed by atoms with Crippen molar-refractivity contribution in [2.45, 2.75) is 32.3 Å². The molecule has 0 radical (unpaired) electrons. The molecule has 2 aromatic rings. The van der Waals surface area contributed by atoms with Gasteiger partial charge in [-0.2, -0.15) is 0 Å². The Morgan fingerprint density at radius 1 is 1.33 bits per heavy atom. The van der Waals surface area contributed by atoms with E-state index < -0.39 is 5.97 Å². The van der Waals surface area contributed by atoms with E-state index in [1.54, 1.807) is 13.8 Å². The first-order chi connectivity index (χ1) is 11.5. The molecule has 0 saturated carbocycles. The highest BCUT2D eigenvalue weighted by Gasteiger charge is 2.18. The van der Waals surface area contributed by atoms with Crippen LogP contribution in [0.4, 0.5) is 5.13 Å². The van der Waals surface area contributed by atoms with Crippen LogP contribution in [0.15, 0.2) is 5.16 Å². The lowest BCUT2D eigenvalue weighted by molar-refractivity contribution is -0.113. The van der Waals surface area contributed by atoms with Gasteiger partial charge in [0, 0.05) is 13.5 Å². The number of esters is 1. The van der Waals surface area contributed by atoms with Gasteiger partial charge < -0.3 is 14.6 Å². The van der Waals surface area contributed by atoms with Crippen LogP contribution in [-0.2, 0) is 23.0 Å². The fourth-order valence-corrected chi connectivity index (χ4v) is 3.51. The molecule has 0 aliphatic heterocycles. The van der Waals surface area contributed by atoms with Crippen LogP contribution in [-0.4, -0.2) is 44.0 Å². The first-order valence-corrected chi connectivity index (χ1v) is 9.21. The number of carbonyl (C=O) groups excluding carboxylic acids is 2. The lowest BCUT2D eigenvalue weighted by atomic mass is 10.4. The Labute approximate surface area is 148 Å². The Balaban J connectivity index is 1.94. The molecule has 0 unspecified atom stereocenters. The Kier molecular flexibility index (Phi) is 6.32. The number of amides is 1. The third kappa shape index (κ3) is 4.32. The predicted molar refractivity (Wildman–Crippen MR) is 92.5 cm³/mol. The summed E-state index contributed by atoms with van der Waals surface area (Å²) in [6.07, 6.45) is 0.783. The van der Waals surface area contributed by atoms with Crippen molar-refractivity contribution in [2.24, 2.45) is 7.05 Å². The molecule has 1 N–H and O–H groups in total. The van der Waals surface area contributed by atoms with Gasteiger partial charge in [0.2, 0.25) is 5.91 Å². The van der Waals surface area contributed by atoms with Crippen LogP contribution in [0.5, 0.6) is 0 Å². The van der Waals surface area contributed by atoms with Crippen LogP contribution in [0.2, 0.25) is 0 Å². The highest BCUT2D eigenvalue weighted by Crippen LogP contribution is 2.24. The lowest BCUT2D eigenvalue weighted by Gasteiger charge is -2.02. The molecule has 8 nitrogen and oxygen atoms in total. The molecule has 0 saturated heterocycles. The Morgan fingerprint density at radius 3 is 2.71 bits per heavy atom. The van der Waals surface area contributed by atoms with Gasteiger partial charge >= 0.3 is 5.97 Å². The van der Waals surface area contributed by atoms with Crippen molar-refractivity contribution in [3.8, 4) is 0 Å². The number of carbonyl (C=O) groups is 2. The molecule has 130 valence electrons. The molecular formula is C14H19N5O3S2. The summed E-state index contributed by atoms with van der Waals surface area (Å²) in [6.45, 7) is 5.74. The number of rotatable bonds is 7. The Hall–Kier alpha value is -1.94. The van der Waals surface area contributed by atoms with Crippen molar-refractivity contribution >= 4 is 40.1 Å². The summed E-state index contributed by atoms with van der Waals surface area (Å²) in [7, 11) is 1.87. The number of hydrogen-bond acceptors (Lipinski definition) is 8. The minimum absolute atomic E-state index is 0.184. The highest BCUT2D eigenvalue weighted by atomic mass is 32.2. The minimum Gasteiger partial charge on any atom is -0.462 e. The SMILES string of the molecule is CCOC(=O)c1sc(NC(=O)CSc2nnc(CC)n2C)nc1C. The Morgan fingerprint density at radius 2 is 2.08 bits per heavy atom. The number of thiazole rings is 1. The van der Waals surface area contributed by atoms with E-state index >= 15 is 0 Å². The molecule has 10 heteroatoms. The predicted octanol–water partition coefficient (Wildman–Crippen LogP) is 2.05. The standard InChI is InChI=1S/C14H19N5O3S2/c1-5-9-17-18-14(19(9)4)23-7-10(20)16-13-15-8(3)11(24-13)12(21)22-6-2/h5-7H2,1-4H3,(H,15,16,20). The van der Waals surface area contributed by atoms with E-state index in [1.165, 1.54) is 11.8 Å². The van der Waals surface area contributed by atoms with Crippen LogP contribution >= 0.6 is 23.1 Å². The number of ether oxygens (including phenoxy) is 1. The largest absolute Gasteiger partial charge is 0.462 e. The lowest BCUT2D eigenvalue weighted by Crippen LogP contribution is -2.14. The molecule has 24 heavy (non-hydrogen) atoms. The summed E-state index contributed by atoms with van der Waals surface area (Å²) in [5.74, 6) is 0.412. The smallest absolute Gasteiger partial charge is 0.350 e. The van der Waals surface area contributed by atoms with Gasteiger partial charge in [0.1, 0.15) is 10.7 Å². The van der Waals surface area contributed by atoms with Crippen LogP contribution < -0.4 is 5.32 Å². The number of anilines is 1. The number of nitrogens with one attached hydrogen (secondary N) is 1. The van der Waals surface area contributed by atoms with E-state index in [2.05, 4.69) is 20.5 Å². The zero-order valence-electron chi connectivity index (χ0n) is 14.0. The summed E-state index contributed by atoms with van der Waals surface area (Å²) in [5, 5.41) is 11.9. The number of hydrogen-bond donors (Lipinski definition) is 1. The van der Waals surface area contributed by atoms with E-state index in [-0.39, 0.29) is 11.7 Å². The second-order valence-electron chi connectivity index (χ2n) is 4.80. The van der Waals surface area contributed by atoms with Gasteiger partial charge in [0.05, 0.1) is 18.1 Å². The minimum atomic E-state index is -0.423. The molecule has 2 heterocycles. The number of thioether (sulfide) groups is 1. The van der Waals surface area contributed by atoms with E-state index in [1.807, 2.05) is 18.5 Å². The second kappa shape index (κ2) is 8.25. The van der Waals surface area contributed by atoms with Crippen molar-refractivity contribution < 1.29 is 14.3 Å². The molecule has 0 aliphatic carbocycles. The molecule has 1 amide bonds. The third-order valence-electron chi connectivity index (χ3n) is 3.08. The first kappa shape index (κ1) is 18.4. The van der Waals surface area contributed by atoms with Crippen LogP contribution in [0.25, 0.3) is 0 Å². The van der Waals surface area contributed by atoms with Crippen molar-refractivity contribution in [1.82, 2.24) is 19.7 Å². The second-order valence-corrected chi connectivity index (χ2v) is 6.74. The van der Waals surface area contributed by atoms with Crippen molar-refractivity contribution in [2.75, 3.05) is 17.7 Å². The number of aryl methyl sites for hydroxylation is 2. The molecule has 0 atom stereocenters. The summed E-state index contributed by atoms with van der Waals surface area (Å²) < 4.78 is 6.82. The van der Waals surface area contributed by atoms with Crippen molar-refractivity contribution in [3.05, 3.63) is 16.4 Å². The summed E-state index contributed by atoms with van der Waals surface area (Å²) in [4.78, 5) is 28.4. The maximum Gasteiger partial charge on any atom is 0.350 e. The van der Waals surface area contributed by atoms with Gasteiger partial charge in [-0.05, 0) is 13.8 Å². The Bertz CT molecular complexity index is 741. The topological polar surface area (TPSA) is 99.0 Å². The van der Waals surface area contributed by atoms with Crippen molar-refractivity contribution in [3.63, 3.8) is 0 Å². The summed E-state index contributed by atoms with van der Waals surface area (Å²) in [5.41, 5.74) is 0.544. The van der Waals surface area contributed by atoms with Crippen LogP contribution in [0.1, 0.15) is 35.0 Å². The average Bonchev–Trinajstić information content (AvgIpc) is 3.08. The molecule has 2 rings (SSSR count). The van der Waals surface area contributed by atoms with Gasteiger partial charge in [0.25, 0.3) is 0 Å². The van der Waals surface area contributed by atoms with E-state index in [9.17, 15) is 9.59 Å². The van der Waals surface area contributed by atoms with Crippen LogP contribution in [0.3, 0.4) is 0 Å². The number of nitrogens with zero attached hydrogens (tertiary/aromatic N) is 4. The monoisotopic (exact) mass is 369 g/mol. The maximum absolute atomic E-state index is 12.1. The van der Waals surface area contributed by atoms with Crippen molar-refractivity contribution in [1.29, 1.82) is 0 Å². The highest BCUT2D eigenvalue weighted by molar-refractivity contribution is 7.99. The molecule has 0 fully saturated rings. The average molecular weight is 369 g/mol. The molecular weight excluding hydrogens is 350 g/mol. The van der Waals surface area contributed by atoms with Crippen LogP contribution in [0, 0.1) is 6.92 Å². The first-order valence-electron chi connectivity index (χ1n) is 7.41. The van der Waals surface area contributed by atoms with Gasteiger partial charge in [-0.15, -0.1) is 10.2 Å². The quantitative estimate of drug-likeness (QED) is 0.589. The van der Waals surface area contributed by atoms with Gasteiger partial charge in [-0.1, -0.05) is 30.0 Å². The zero-order chi connectivity index (χ0) is 17.7. The third-order valence-corrected chi connectivity index (χ3v) is 5.15. The normalized spacial score (nSPS) is 10.7. The fraction of sp³-hybridized carbons (Fsp3) is 0.500. The molecule has 0 aromatic carbocycles. The fourth-order valence-electron chi connectivity index (χ4n) is 1.90. The van der Waals surface area contributed by atoms with E-state index in [0.717, 1.165) is 23.6 Å². The molecule has 0 bridgehead atoms. The van der Waals surface area contributed by atoms with E-state index in [0.29, 0.717) is 27.5 Å².